The molecule has 0 aromatic heterocycles. The lowest BCUT2D eigenvalue weighted by atomic mass is 10.0. The molecule has 0 bridgehead atoms. The summed E-state index contributed by atoms with van der Waals surface area (Å²) < 4.78 is 5.39. The topological polar surface area (TPSA) is 61.9 Å². The molecule has 7 heteroatoms. The van der Waals surface area contributed by atoms with E-state index in [1.807, 2.05) is 24.3 Å². The Kier molecular flexibility index (Phi) is 6.94. The van der Waals surface area contributed by atoms with Gasteiger partial charge in [0.15, 0.2) is 0 Å². The summed E-state index contributed by atoms with van der Waals surface area (Å²) in [5, 5.41) is 3.80. The van der Waals surface area contributed by atoms with Gasteiger partial charge in [-0.3, -0.25) is 19.4 Å². The number of rotatable bonds is 7. The Bertz CT molecular complexity index is 1010. The summed E-state index contributed by atoms with van der Waals surface area (Å²) in [6.45, 7) is 8.20. The molecule has 6 nitrogen and oxygen atoms in total. The zero-order valence-electron chi connectivity index (χ0n) is 18.4. The zero-order chi connectivity index (χ0) is 22.7. The molecule has 1 fully saturated rings. The number of nitrogens with zero attached hydrogens (tertiary/aromatic N) is 2. The van der Waals surface area contributed by atoms with Crippen LogP contribution in [0.3, 0.4) is 0 Å². The predicted octanol–water partition coefficient (Wildman–Crippen LogP) is 3.99. The molecule has 2 amide bonds. The minimum Gasteiger partial charge on any atom is -0.379 e. The van der Waals surface area contributed by atoms with E-state index in [4.69, 9.17) is 16.3 Å². The number of carbonyl (C=O) groups is 2. The third-order valence-electron chi connectivity index (χ3n) is 5.89. The van der Waals surface area contributed by atoms with Gasteiger partial charge in [0, 0.05) is 36.9 Å². The van der Waals surface area contributed by atoms with Crippen LogP contribution in [-0.2, 0) is 14.3 Å². The van der Waals surface area contributed by atoms with Crippen molar-refractivity contribution in [1.29, 1.82) is 0 Å². The first kappa shape index (κ1) is 22.5. The molecule has 2 aliphatic heterocycles. The van der Waals surface area contributed by atoms with E-state index < -0.39 is 0 Å². The highest BCUT2D eigenvalue weighted by Gasteiger charge is 2.39. The van der Waals surface area contributed by atoms with Gasteiger partial charge in [-0.1, -0.05) is 49.7 Å². The monoisotopic (exact) mass is 453 g/mol. The van der Waals surface area contributed by atoms with Crippen molar-refractivity contribution in [2.45, 2.75) is 19.8 Å². The van der Waals surface area contributed by atoms with E-state index >= 15 is 0 Å². The van der Waals surface area contributed by atoms with Crippen molar-refractivity contribution < 1.29 is 14.3 Å². The Morgan fingerprint density at radius 2 is 1.59 bits per heavy atom. The highest BCUT2D eigenvalue weighted by atomic mass is 35.5. The number of halogens is 1. The van der Waals surface area contributed by atoms with Crippen molar-refractivity contribution in [3.8, 4) is 0 Å². The highest BCUT2D eigenvalue weighted by Crippen LogP contribution is 2.31. The van der Waals surface area contributed by atoms with Crippen molar-refractivity contribution in [1.82, 2.24) is 9.80 Å². The first-order chi connectivity index (χ1) is 15.4. The van der Waals surface area contributed by atoms with Gasteiger partial charge in [0.05, 0.1) is 18.8 Å². The van der Waals surface area contributed by atoms with Gasteiger partial charge in [-0.25, -0.2) is 0 Å². The molecule has 32 heavy (non-hydrogen) atoms. The van der Waals surface area contributed by atoms with Crippen LogP contribution in [0.1, 0.15) is 30.9 Å². The lowest BCUT2D eigenvalue weighted by Gasteiger charge is -2.28. The Balaban J connectivity index is 1.60. The third kappa shape index (κ3) is 4.88. The fraction of sp³-hybridized carbons (Fsp3) is 0.360. The molecule has 168 valence electrons. The van der Waals surface area contributed by atoms with Crippen LogP contribution in [0.25, 0.3) is 5.57 Å². The summed E-state index contributed by atoms with van der Waals surface area (Å²) in [5.41, 5.74) is 3.33. The van der Waals surface area contributed by atoms with Crippen molar-refractivity contribution >= 4 is 34.7 Å². The molecule has 0 radical (unpaired) electrons. The fourth-order valence-corrected chi connectivity index (χ4v) is 4.07. The molecule has 0 saturated carbocycles. The van der Waals surface area contributed by atoms with Gasteiger partial charge < -0.3 is 10.1 Å². The second-order valence-electron chi connectivity index (χ2n) is 8.37. The summed E-state index contributed by atoms with van der Waals surface area (Å²) >= 11 is 6.04. The number of benzene rings is 2. The SMILES string of the molecule is CC(C)c1ccc(NC2=C(c3ccc(Cl)cc3)C(=O)N(CCN3CCOCC3)C2=O)cc1. The second-order valence-corrected chi connectivity index (χ2v) is 8.81. The van der Waals surface area contributed by atoms with Crippen LogP contribution in [0.4, 0.5) is 5.69 Å². The Morgan fingerprint density at radius 3 is 2.22 bits per heavy atom. The van der Waals surface area contributed by atoms with Gasteiger partial charge in [-0.2, -0.15) is 0 Å². The van der Waals surface area contributed by atoms with Gasteiger partial charge in [-0.05, 0) is 41.3 Å². The number of carbonyl (C=O) groups excluding carboxylic acids is 2. The molecule has 1 N–H and O–H groups in total. The van der Waals surface area contributed by atoms with E-state index in [1.54, 1.807) is 24.3 Å². The molecule has 2 aromatic rings. The zero-order valence-corrected chi connectivity index (χ0v) is 19.2. The molecule has 2 aromatic carbocycles. The van der Waals surface area contributed by atoms with Crippen molar-refractivity contribution in [3.05, 3.63) is 70.4 Å². The fourth-order valence-electron chi connectivity index (χ4n) is 3.94. The Morgan fingerprint density at radius 1 is 0.938 bits per heavy atom. The summed E-state index contributed by atoms with van der Waals surface area (Å²) in [5.74, 6) is -0.175. The Labute approximate surface area is 193 Å². The number of morpholine rings is 1. The molecule has 0 unspecified atom stereocenters. The smallest absolute Gasteiger partial charge is 0.278 e. The van der Waals surface area contributed by atoms with Gasteiger partial charge >= 0.3 is 0 Å². The first-order valence-electron chi connectivity index (χ1n) is 11.0. The van der Waals surface area contributed by atoms with Crippen LogP contribution in [0, 0.1) is 0 Å². The lowest BCUT2D eigenvalue weighted by Crippen LogP contribution is -2.43. The lowest BCUT2D eigenvalue weighted by molar-refractivity contribution is -0.137. The van der Waals surface area contributed by atoms with E-state index in [-0.39, 0.29) is 11.8 Å². The molecule has 0 atom stereocenters. The molecule has 4 rings (SSSR count). The van der Waals surface area contributed by atoms with Gasteiger partial charge in [-0.15, -0.1) is 0 Å². The number of hydrogen-bond acceptors (Lipinski definition) is 5. The van der Waals surface area contributed by atoms with Gasteiger partial charge in [0.1, 0.15) is 5.70 Å². The minimum atomic E-state index is -0.304. The van der Waals surface area contributed by atoms with Gasteiger partial charge in [0.25, 0.3) is 11.8 Å². The standard InChI is InChI=1S/C25H28ClN3O3/c1-17(2)18-5-9-21(10-6-18)27-23-22(19-3-7-20(26)8-4-19)24(30)29(25(23)31)12-11-28-13-15-32-16-14-28/h3-10,17,27H,11-16H2,1-2H3. The average Bonchev–Trinajstić information content (AvgIpc) is 3.03. The molecule has 1 saturated heterocycles. The molecule has 2 aliphatic rings. The maximum Gasteiger partial charge on any atom is 0.278 e. The van der Waals surface area contributed by atoms with E-state index in [0.29, 0.717) is 54.1 Å². The number of hydrogen-bond donors (Lipinski definition) is 1. The third-order valence-corrected chi connectivity index (χ3v) is 6.14. The Hall–Kier alpha value is -2.67. The van der Waals surface area contributed by atoms with Crippen LogP contribution in [-0.4, -0.2) is 61.0 Å². The van der Waals surface area contributed by atoms with E-state index in [0.717, 1.165) is 18.8 Å². The molecule has 0 spiro atoms. The number of ether oxygens (including phenoxy) is 1. The number of amides is 2. The first-order valence-corrected chi connectivity index (χ1v) is 11.4. The van der Waals surface area contributed by atoms with Crippen molar-refractivity contribution in [2.24, 2.45) is 0 Å². The summed E-state index contributed by atoms with van der Waals surface area (Å²) in [6.07, 6.45) is 0. The summed E-state index contributed by atoms with van der Waals surface area (Å²) in [6, 6.07) is 15.0. The van der Waals surface area contributed by atoms with E-state index in [9.17, 15) is 9.59 Å². The minimum absolute atomic E-state index is 0.285. The van der Waals surface area contributed by atoms with Crippen LogP contribution in [0.15, 0.2) is 54.2 Å². The number of imide groups is 1. The summed E-state index contributed by atoms with van der Waals surface area (Å²) in [4.78, 5) is 30.2. The quantitative estimate of drug-likeness (QED) is 0.642. The molecule has 2 heterocycles. The van der Waals surface area contributed by atoms with E-state index in [2.05, 4.69) is 24.1 Å². The summed E-state index contributed by atoms with van der Waals surface area (Å²) in [7, 11) is 0. The normalized spacial score (nSPS) is 17.6. The maximum absolute atomic E-state index is 13.3. The average molecular weight is 454 g/mol. The molecular formula is C25H28ClN3O3. The van der Waals surface area contributed by atoms with E-state index in [1.165, 1.54) is 10.5 Å². The number of nitrogens with one attached hydrogen (secondary N) is 1. The van der Waals surface area contributed by atoms with Crippen LogP contribution >= 0.6 is 11.6 Å². The maximum atomic E-state index is 13.3. The van der Waals surface area contributed by atoms with Crippen LogP contribution in [0.5, 0.6) is 0 Å². The largest absolute Gasteiger partial charge is 0.379 e. The van der Waals surface area contributed by atoms with Gasteiger partial charge in [0.2, 0.25) is 0 Å². The predicted molar refractivity (Wildman–Crippen MR) is 127 cm³/mol. The van der Waals surface area contributed by atoms with Crippen LogP contribution < -0.4 is 5.32 Å². The van der Waals surface area contributed by atoms with Crippen molar-refractivity contribution in [2.75, 3.05) is 44.7 Å². The van der Waals surface area contributed by atoms with Crippen molar-refractivity contribution in [3.63, 3.8) is 0 Å². The molecule has 0 aliphatic carbocycles. The second kappa shape index (κ2) is 9.86. The van der Waals surface area contributed by atoms with Crippen LogP contribution in [0.2, 0.25) is 5.02 Å². The highest BCUT2D eigenvalue weighted by molar-refractivity contribution is 6.36. The number of anilines is 1. The molecular weight excluding hydrogens is 426 g/mol.